The summed E-state index contributed by atoms with van der Waals surface area (Å²) in [6, 6.07) is 5.41. The van der Waals surface area contributed by atoms with Crippen LogP contribution in [0.25, 0.3) is 10.1 Å². The van der Waals surface area contributed by atoms with Gasteiger partial charge in [-0.15, -0.1) is 22.7 Å². The van der Waals surface area contributed by atoms with Crippen LogP contribution in [0.1, 0.15) is 23.1 Å². The average molecular weight is 387 g/mol. The van der Waals surface area contributed by atoms with Crippen molar-refractivity contribution in [2.75, 3.05) is 4.72 Å². The average Bonchev–Trinajstić information content (AvgIpc) is 2.99. The maximum absolute atomic E-state index is 12.7. The van der Waals surface area contributed by atoms with E-state index in [1.807, 2.05) is 19.9 Å². The molecule has 0 fully saturated rings. The van der Waals surface area contributed by atoms with Gasteiger partial charge in [0.05, 0.1) is 5.69 Å². The number of fused-ring (bicyclic) bond motifs is 1. The van der Waals surface area contributed by atoms with Crippen LogP contribution in [0.4, 0.5) is 5.13 Å². The normalized spacial score (nSPS) is 12.0. The van der Waals surface area contributed by atoms with E-state index in [0.717, 1.165) is 27.1 Å². The molecule has 4 nitrogen and oxygen atoms in total. The molecule has 122 valence electrons. The number of thiazole rings is 1. The fourth-order valence-electron chi connectivity index (χ4n) is 2.39. The van der Waals surface area contributed by atoms with E-state index in [9.17, 15) is 8.42 Å². The molecule has 3 aromatic rings. The summed E-state index contributed by atoms with van der Waals surface area (Å²) in [6.07, 6.45) is 0.839. The number of halogens is 1. The van der Waals surface area contributed by atoms with Crippen molar-refractivity contribution in [1.82, 2.24) is 4.98 Å². The van der Waals surface area contributed by atoms with E-state index < -0.39 is 10.0 Å². The SMILES string of the molecule is CCc1sc(NS(=O)(=O)c2sc3ccc(Cl)cc3c2C)nc1C. The highest BCUT2D eigenvalue weighted by atomic mass is 35.5. The number of aromatic nitrogens is 1. The van der Waals surface area contributed by atoms with Gasteiger partial charge in [-0.1, -0.05) is 18.5 Å². The lowest BCUT2D eigenvalue weighted by atomic mass is 10.2. The summed E-state index contributed by atoms with van der Waals surface area (Å²) < 4.78 is 29.2. The van der Waals surface area contributed by atoms with Crippen LogP contribution in [0.2, 0.25) is 5.02 Å². The molecule has 0 bridgehead atoms. The summed E-state index contributed by atoms with van der Waals surface area (Å²) in [7, 11) is -3.66. The van der Waals surface area contributed by atoms with Gasteiger partial charge in [-0.05, 0) is 49.4 Å². The highest BCUT2D eigenvalue weighted by Gasteiger charge is 2.23. The summed E-state index contributed by atoms with van der Waals surface area (Å²) >= 11 is 8.63. The quantitative estimate of drug-likeness (QED) is 0.687. The maximum Gasteiger partial charge on any atom is 0.273 e. The van der Waals surface area contributed by atoms with Crippen molar-refractivity contribution in [1.29, 1.82) is 0 Å². The summed E-state index contributed by atoms with van der Waals surface area (Å²) in [6.45, 7) is 5.72. The number of benzene rings is 1. The minimum absolute atomic E-state index is 0.306. The fraction of sp³-hybridized carbons (Fsp3) is 0.267. The van der Waals surface area contributed by atoms with Crippen LogP contribution in [-0.4, -0.2) is 13.4 Å². The number of aryl methyl sites for hydroxylation is 3. The first kappa shape index (κ1) is 16.7. The molecule has 0 aliphatic carbocycles. The van der Waals surface area contributed by atoms with Gasteiger partial charge in [-0.25, -0.2) is 13.4 Å². The zero-order valence-corrected chi connectivity index (χ0v) is 16.0. The molecular formula is C15H15ClN2O2S3. The number of sulfonamides is 1. The predicted molar refractivity (Wildman–Crippen MR) is 98.6 cm³/mol. The Kier molecular flexibility index (Phi) is 4.39. The third kappa shape index (κ3) is 3.10. The zero-order chi connectivity index (χ0) is 16.8. The molecule has 0 saturated carbocycles. The number of thiophene rings is 1. The Morgan fingerprint density at radius 1 is 1.26 bits per heavy atom. The minimum atomic E-state index is -3.66. The Hall–Kier alpha value is -1.15. The van der Waals surface area contributed by atoms with Crippen LogP contribution in [0.15, 0.2) is 22.4 Å². The second-order valence-electron chi connectivity index (χ2n) is 5.14. The van der Waals surface area contributed by atoms with Gasteiger partial charge in [0.1, 0.15) is 4.21 Å². The zero-order valence-electron chi connectivity index (χ0n) is 12.8. The van der Waals surface area contributed by atoms with Gasteiger partial charge in [-0.2, -0.15) is 0 Å². The monoisotopic (exact) mass is 386 g/mol. The molecule has 3 rings (SSSR count). The van der Waals surface area contributed by atoms with Gasteiger partial charge in [0.25, 0.3) is 10.0 Å². The number of hydrogen-bond donors (Lipinski definition) is 1. The van der Waals surface area contributed by atoms with E-state index >= 15 is 0 Å². The summed E-state index contributed by atoms with van der Waals surface area (Å²) in [4.78, 5) is 5.39. The van der Waals surface area contributed by atoms with Crippen molar-refractivity contribution >= 4 is 59.5 Å². The lowest BCUT2D eigenvalue weighted by Gasteiger charge is -2.03. The minimum Gasteiger partial charge on any atom is -0.254 e. The molecule has 0 unspecified atom stereocenters. The molecule has 0 radical (unpaired) electrons. The van der Waals surface area contributed by atoms with E-state index in [1.54, 1.807) is 19.1 Å². The Balaban J connectivity index is 2.03. The standard InChI is InChI=1S/C15H15ClN2O2S3/c1-4-12-9(3)17-15(22-12)18-23(19,20)14-8(2)11-7-10(16)5-6-13(11)21-14/h5-7H,4H2,1-3H3,(H,17,18). The molecule has 0 spiro atoms. The van der Waals surface area contributed by atoms with Crippen molar-refractivity contribution in [2.45, 2.75) is 31.4 Å². The van der Waals surface area contributed by atoms with Crippen LogP contribution < -0.4 is 4.72 Å². The van der Waals surface area contributed by atoms with Crippen LogP contribution >= 0.6 is 34.3 Å². The lowest BCUT2D eigenvalue weighted by Crippen LogP contribution is -2.12. The smallest absolute Gasteiger partial charge is 0.254 e. The summed E-state index contributed by atoms with van der Waals surface area (Å²) in [5, 5.41) is 1.88. The molecule has 0 aliphatic rings. The topological polar surface area (TPSA) is 59.1 Å². The van der Waals surface area contributed by atoms with Gasteiger partial charge < -0.3 is 0 Å². The van der Waals surface area contributed by atoms with E-state index in [0.29, 0.717) is 19.9 Å². The van der Waals surface area contributed by atoms with Crippen LogP contribution in [0.5, 0.6) is 0 Å². The Morgan fingerprint density at radius 2 is 2.00 bits per heavy atom. The third-order valence-electron chi connectivity index (χ3n) is 3.53. The molecule has 0 saturated heterocycles. The first-order valence-corrected chi connectivity index (χ1v) is 10.5. The van der Waals surface area contributed by atoms with Crippen molar-refractivity contribution in [3.8, 4) is 0 Å². The predicted octanol–water partition coefficient (Wildman–Crippen LogP) is 4.99. The fourth-order valence-corrected chi connectivity index (χ4v) is 6.44. The van der Waals surface area contributed by atoms with Gasteiger partial charge in [-0.3, -0.25) is 4.72 Å². The summed E-state index contributed by atoms with van der Waals surface area (Å²) in [5.74, 6) is 0. The van der Waals surface area contributed by atoms with Crippen LogP contribution in [-0.2, 0) is 16.4 Å². The van der Waals surface area contributed by atoms with E-state index in [-0.39, 0.29) is 0 Å². The van der Waals surface area contributed by atoms with Crippen molar-refractivity contribution in [3.05, 3.63) is 39.4 Å². The Bertz CT molecular complexity index is 990. The molecular weight excluding hydrogens is 372 g/mol. The Labute approximate surface area is 148 Å². The first-order valence-electron chi connectivity index (χ1n) is 6.99. The van der Waals surface area contributed by atoms with Crippen LogP contribution in [0, 0.1) is 13.8 Å². The first-order chi connectivity index (χ1) is 10.8. The largest absolute Gasteiger partial charge is 0.273 e. The van der Waals surface area contributed by atoms with Gasteiger partial charge in [0, 0.05) is 14.6 Å². The molecule has 0 atom stereocenters. The molecule has 1 aromatic carbocycles. The number of nitrogens with zero attached hydrogens (tertiary/aromatic N) is 1. The maximum atomic E-state index is 12.7. The number of anilines is 1. The van der Waals surface area contributed by atoms with Crippen molar-refractivity contribution in [3.63, 3.8) is 0 Å². The van der Waals surface area contributed by atoms with Gasteiger partial charge >= 0.3 is 0 Å². The molecule has 0 aliphatic heterocycles. The number of hydrogen-bond acceptors (Lipinski definition) is 5. The second kappa shape index (κ2) is 6.05. The van der Waals surface area contributed by atoms with Crippen molar-refractivity contribution in [2.24, 2.45) is 0 Å². The van der Waals surface area contributed by atoms with Gasteiger partial charge in [0.15, 0.2) is 5.13 Å². The lowest BCUT2D eigenvalue weighted by molar-refractivity contribution is 0.602. The highest BCUT2D eigenvalue weighted by molar-refractivity contribution is 7.95. The molecule has 1 N–H and O–H groups in total. The second-order valence-corrected chi connectivity index (χ2v) is 9.59. The summed E-state index contributed by atoms with van der Waals surface area (Å²) in [5.41, 5.74) is 1.58. The van der Waals surface area contributed by atoms with E-state index in [1.165, 1.54) is 22.7 Å². The van der Waals surface area contributed by atoms with Crippen LogP contribution in [0.3, 0.4) is 0 Å². The van der Waals surface area contributed by atoms with Crippen molar-refractivity contribution < 1.29 is 8.42 Å². The van der Waals surface area contributed by atoms with E-state index in [4.69, 9.17) is 11.6 Å². The molecule has 2 heterocycles. The van der Waals surface area contributed by atoms with E-state index in [2.05, 4.69) is 9.71 Å². The highest BCUT2D eigenvalue weighted by Crippen LogP contribution is 2.36. The number of rotatable bonds is 4. The third-order valence-corrected chi connectivity index (χ3v) is 8.35. The molecule has 23 heavy (non-hydrogen) atoms. The Morgan fingerprint density at radius 3 is 2.65 bits per heavy atom. The molecule has 8 heteroatoms. The molecule has 0 amide bonds. The van der Waals surface area contributed by atoms with Gasteiger partial charge in [0.2, 0.25) is 0 Å². The number of nitrogens with one attached hydrogen (secondary N) is 1. The molecule has 2 aromatic heterocycles.